The van der Waals surface area contributed by atoms with Gasteiger partial charge in [-0.15, -0.1) is 0 Å². The number of para-hydroxylation sites is 2. The zero-order valence-electron chi connectivity index (χ0n) is 19.9. The van der Waals surface area contributed by atoms with Crippen LogP contribution in [0, 0.1) is 11.3 Å². The number of nitrogens with one attached hydrogen (secondary N) is 3. The SMILES string of the molecule is CC(=O)NC[C@H]1c2[nH]c3ccccc3c2C[C@H]2[C@H]3c4[nH]c5ccccc5c4C[C@@H]([C@H](C#N)N12)N3C. The van der Waals surface area contributed by atoms with E-state index in [2.05, 4.69) is 86.7 Å². The molecule has 176 valence electrons. The second kappa shape index (κ2) is 7.45. The quantitative estimate of drug-likeness (QED) is 0.423. The number of hydrogen-bond donors (Lipinski definition) is 3. The zero-order chi connectivity index (χ0) is 23.8. The summed E-state index contributed by atoms with van der Waals surface area (Å²) in [5, 5.41) is 16.1. The molecule has 1 fully saturated rings. The van der Waals surface area contributed by atoms with Crippen LogP contribution in [-0.2, 0) is 17.6 Å². The van der Waals surface area contributed by atoms with Crippen LogP contribution in [0.2, 0.25) is 0 Å². The molecule has 3 aliphatic heterocycles. The molecule has 0 unspecified atom stereocenters. The highest BCUT2D eigenvalue weighted by Crippen LogP contribution is 2.51. The van der Waals surface area contributed by atoms with E-state index in [1.54, 1.807) is 6.92 Å². The van der Waals surface area contributed by atoms with Crippen molar-refractivity contribution in [3.05, 3.63) is 71.0 Å². The lowest BCUT2D eigenvalue weighted by atomic mass is 9.75. The Bertz CT molecular complexity index is 1530. The highest BCUT2D eigenvalue weighted by Gasteiger charge is 2.55. The van der Waals surface area contributed by atoms with Gasteiger partial charge in [0.25, 0.3) is 0 Å². The number of amides is 1. The number of nitrogens with zero attached hydrogens (tertiary/aromatic N) is 3. The lowest BCUT2D eigenvalue weighted by Gasteiger charge is -2.58. The number of rotatable bonds is 2. The van der Waals surface area contributed by atoms with Crippen molar-refractivity contribution in [2.24, 2.45) is 0 Å². The summed E-state index contributed by atoms with van der Waals surface area (Å²) in [5.74, 6) is -0.0504. The minimum atomic E-state index is -0.276. The number of piperazine rings is 1. The van der Waals surface area contributed by atoms with Gasteiger partial charge in [-0.3, -0.25) is 14.6 Å². The summed E-state index contributed by atoms with van der Waals surface area (Å²) in [6, 6.07) is 19.6. The fraction of sp³-hybridized carbons (Fsp3) is 0.357. The van der Waals surface area contributed by atoms with E-state index in [-0.39, 0.29) is 36.1 Å². The third-order valence-electron chi connectivity index (χ3n) is 8.58. The van der Waals surface area contributed by atoms with Crippen LogP contribution in [-0.4, -0.2) is 57.4 Å². The largest absolute Gasteiger partial charge is 0.357 e. The summed E-state index contributed by atoms with van der Waals surface area (Å²) in [6.45, 7) is 2.04. The second-order valence-corrected chi connectivity index (χ2v) is 10.3. The van der Waals surface area contributed by atoms with Gasteiger partial charge in [0.15, 0.2) is 0 Å². The predicted octanol–water partition coefficient (Wildman–Crippen LogP) is 3.56. The average molecular weight is 465 g/mol. The Balaban J connectivity index is 1.45. The molecule has 7 heteroatoms. The number of hydrogen-bond acceptors (Lipinski definition) is 4. The molecular formula is C28H28N6O. The van der Waals surface area contributed by atoms with Crippen molar-refractivity contribution in [3.63, 3.8) is 0 Å². The van der Waals surface area contributed by atoms with Crippen LogP contribution >= 0.6 is 0 Å². The van der Waals surface area contributed by atoms with Gasteiger partial charge >= 0.3 is 0 Å². The van der Waals surface area contributed by atoms with E-state index in [1.807, 2.05) is 0 Å². The van der Waals surface area contributed by atoms with Crippen LogP contribution in [0.1, 0.15) is 41.5 Å². The molecule has 1 saturated heterocycles. The molecule has 3 N–H and O–H groups in total. The molecule has 0 spiro atoms. The monoisotopic (exact) mass is 464 g/mol. The number of fused-ring (bicyclic) bond motifs is 11. The molecule has 4 aromatic rings. The van der Waals surface area contributed by atoms with E-state index in [0.29, 0.717) is 6.54 Å². The van der Waals surface area contributed by atoms with Crippen LogP contribution < -0.4 is 5.32 Å². The molecule has 5 heterocycles. The molecule has 0 radical (unpaired) electrons. The number of carbonyl (C=O) groups is 1. The van der Waals surface area contributed by atoms with Gasteiger partial charge < -0.3 is 15.3 Å². The zero-order valence-corrected chi connectivity index (χ0v) is 19.9. The number of H-pyrrole nitrogens is 2. The van der Waals surface area contributed by atoms with Gasteiger partial charge in [-0.25, -0.2) is 0 Å². The number of benzene rings is 2. The Morgan fingerprint density at radius 1 is 1.00 bits per heavy atom. The molecule has 7 rings (SSSR count). The molecule has 0 saturated carbocycles. The van der Waals surface area contributed by atoms with Crippen molar-refractivity contribution in [2.75, 3.05) is 13.6 Å². The maximum atomic E-state index is 12.0. The van der Waals surface area contributed by atoms with Crippen LogP contribution in [0.5, 0.6) is 0 Å². The number of aromatic amines is 2. The van der Waals surface area contributed by atoms with Crippen molar-refractivity contribution >= 4 is 27.7 Å². The Hall–Kier alpha value is -3.60. The van der Waals surface area contributed by atoms with Crippen molar-refractivity contribution in [2.45, 2.75) is 50.0 Å². The Labute approximate surface area is 203 Å². The first kappa shape index (κ1) is 20.7. The topological polar surface area (TPSA) is 90.9 Å². The number of likely N-dealkylation sites (N-methyl/N-ethyl adjacent to an activating group) is 1. The second-order valence-electron chi connectivity index (χ2n) is 10.3. The number of aromatic nitrogens is 2. The third kappa shape index (κ3) is 2.81. The first-order chi connectivity index (χ1) is 17.1. The van der Waals surface area contributed by atoms with Gasteiger partial charge in [-0.2, -0.15) is 5.26 Å². The summed E-state index contributed by atoms with van der Waals surface area (Å²) in [7, 11) is 2.18. The standard InChI is InChI=1S/C28H28N6O/c1-15(35)30-14-25-26-18(16-7-3-5-9-20(16)31-26)12-23-28-27-19(17-8-4-6-10-21(17)32-27)11-22(33(28)2)24(13-29)34(23)25/h3-10,22-25,28,31-32H,11-12,14H2,1-2H3,(H,30,35)/t22-,23-,24-,25-,28-/m0/s1. The minimum absolute atomic E-state index is 0.0504. The number of carbonyl (C=O) groups excluding carboxylic acids is 1. The highest BCUT2D eigenvalue weighted by molar-refractivity contribution is 5.86. The lowest BCUT2D eigenvalue weighted by molar-refractivity contribution is -0.120. The molecule has 1 amide bonds. The van der Waals surface area contributed by atoms with Gasteiger partial charge in [-0.05, 0) is 43.1 Å². The Morgan fingerprint density at radius 3 is 2.26 bits per heavy atom. The molecule has 2 bridgehead atoms. The molecule has 5 atom stereocenters. The Morgan fingerprint density at radius 2 is 1.60 bits per heavy atom. The van der Waals surface area contributed by atoms with Gasteiger partial charge in [-0.1, -0.05) is 36.4 Å². The van der Waals surface area contributed by atoms with Crippen LogP contribution in [0.25, 0.3) is 21.8 Å². The summed E-state index contributed by atoms with van der Waals surface area (Å²) in [5.41, 5.74) is 7.35. The summed E-state index contributed by atoms with van der Waals surface area (Å²) >= 11 is 0. The molecule has 7 nitrogen and oxygen atoms in total. The predicted molar refractivity (Wildman–Crippen MR) is 135 cm³/mol. The molecule has 3 aliphatic rings. The summed E-state index contributed by atoms with van der Waals surface area (Å²) in [6.07, 6.45) is 1.69. The van der Waals surface area contributed by atoms with Gasteiger partial charge in [0.1, 0.15) is 6.04 Å². The highest BCUT2D eigenvalue weighted by atomic mass is 16.1. The van der Waals surface area contributed by atoms with Crippen LogP contribution in [0.15, 0.2) is 48.5 Å². The first-order valence-corrected chi connectivity index (χ1v) is 12.4. The normalized spacial score (nSPS) is 27.7. The average Bonchev–Trinajstić information content (AvgIpc) is 3.40. The van der Waals surface area contributed by atoms with E-state index < -0.39 is 0 Å². The fourth-order valence-electron chi connectivity index (χ4n) is 7.15. The van der Waals surface area contributed by atoms with Gasteiger partial charge in [0, 0.05) is 58.7 Å². The molecular weight excluding hydrogens is 436 g/mol. The molecule has 2 aromatic heterocycles. The van der Waals surface area contributed by atoms with Crippen LogP contribution in [0.3, 0.4) is 0 Å². The summed E-state index contributed by atoms with van der Waals surface area (Å²) < 4.78 is 0. The van der Waals surface area contributed by atoms with Gasteiger partial charge in [0.05, 0.1) is 18.2 Å². The van der Waals surface area contributed by atoms with Crippen molar-refractivity contribution in [1.82, 2.24) is 25.1 Å². The molecule has 2 aromatic carbocycles. The smallest absolute Gasteiger partial charge is 0.216 e. The van der Waals surface area contributed by atoms with Crippen molar-refractivity contribution in [1.29, 1.82) is 5.26 Å². The maximum Gasteiger partial charge on any atom is 0.216 e. The van der Waals surface area contributed by atoms with Gasteiger partial charge in [0.2, 0.25) is 5.91 Å². The third-order valence-corrected chi connectivity index (χ3v) is 8.58. The first-order valence-electron chi connectivity index (χ1n) is 12.4. The number of nitriles is 1. The van der Waals surface area contributed by atoms with E-state index >= 15 is 0 Å². The van der Waals surface area contributed by atoms with Crippen molar-refractivity contribution in [3.8, 4) is 6.07 Å². The van der Waals surface area contributed by atoms with E-state index in [4.69, 9.17) is 0 Å². The minimum Gasteiger partial charge on any atom is -0.357 e. The van der Waals surface area contributed by atoms with E-state index in [9.17, 15) is 10.1 Å². The van der Waals surface area contributed by atoms with E-state index in [0.717, 1.165) is 29.6 Å². The van der Waals surface area contributed by atoms with Crippen LogP contribution in [0.4, 0.5) is 0 Å². The summed E-state index contributed by atoms with van der Waals surface area (Å²) in [4.78, 5) is 24.2. The Kier molecular flexibility index (Phi) is 4.41. The maximum absolute atomic E-state index is 12.0. The molecule has 35 heavy (non-hydrogen) atoms. The molecule has 0 aliphatic carbocycles. The fourth-order valence-corrected chi connectivity index (χ4v) is 7.15. The van der Waals surface area contributed by atoms with Crippen molar-refractivity contribution < 1.29 is 4.79 Å². The van der Waals surface area contributed by atoms with E-state index in [1.165, 1.54) is 27.6 Å². The lowest BCUT2D eigenvalue weighted by Crippen LogP contribution is -2.68.